The van der Waals surface area contributed by atoms with E-state index >= 15 is 0 Å². The fraction of sp³-hybridized carbons (Fsp3) is 0.0625. The van der Waals surface area contributed by atoms with Gasteiger partial charge in [0, 0.05) is 24.2 Å². The molecule has 0 spiro atoms. The Balaban J connectivity index is 1.80. The van der Waals surface area contributed by atoms with Crippen LogP contribution in [0.25, 0.3) is 22.2 Å². The lowest BCUT2D eigenvalue weighted by Gasteiger charge is -2.07. The molecule has 23 heavy (non-hydrogen) atoms. The molecule has 6 nitrogen and oxygen atoms in total. The highest BCUT2D eigenvalue weighted by atomic mass is 35.5. The van der Waals surface area contributed by atoms with Crippen LogP contribution in [0, 0.1) is 0 Å². The molecule has 0 unspecified atom stereocenters. The summed E-state index contributed by atoms with van der Waals surface area (Å²) in [6.07, 6.45) is 7.03. The van der Waals surface area contributed by atoms with Crippen molar-refractivity contribution >= 4 is 28.5 Å². The van der Waals surface area contributed by atoms with Crippen LogP contribution in [0.15, 0.2) is 53.5 Å². The van der Waals surface area contributed by atoms with E-state index in [-0.39, 0.29) is 5.28 Å². The van der Waals surface area contributed by atoms with Gasteiger partial charge < -0.3 is 14.7 Å². The van der Waals surface area contributed by atoms with Crippen LogP contribution < -0.4 is 5.32 Å². The molecule has 0 saturated heterocycles. The van der Waals surface area contributed by atoms with Crippen molar-refractivity contribution in [2.24, 2.45) is 0 Å². The Kier molecular flexibility index (Phi) is 3.44. The van der Waals surface area contributed by atoms with E-state index in [0.29, 0.717) is 18.0 Å². The third-order valence-electron chi connectivity index (χ3n) is 3.51. The van der Waals surface area contributed by atoms with E-state index in [9.17, 15) is 0 Å². The number of hydrogen-bond acceptors (Lipinski definition) is 5. The van der Waals surface area contributed by atoms with Crippen LogP contribution in [0.4, 0.5) is 5.82 Å². The second kappa shape index (κ2) is 5.73. The number of pyridine rings is 1. The SMILES string of the molecule is Clc1nc(NCc2ccco2)c2c(-c3ccncc3)c[nH]c2n1. The predicted octanol–water partition coefficient (Wildman–Crippen LogP) is 3.88. The molecule has 7 heteroatoms. The third kappa shape index (κ3) is 2.64. The minimum absolute atomic E-state index is 0.183. The molecule has 0 aliphatic heterocycles. The van der Waals surface area contributed by atoms with E-state index in [1.165, 1.54) is 0 Å². The van der Waals surface area contributed by atoms with Gasteiger partial charge in [-0.3, -0.25) is 4.98 Å². The molecule has 4 rings (SSSR count). The molecule has 0 saturated carbocycles. The van der Waals surface area contributed by atoms with Crippen LogP contribution in [-0.2, 0) is 6.54 Å². The molecule has 0 aromatic carbocycles. The number of H-pyrrole nitrogens is 1. The Hall–Kier alpha value is -2.86. The summed E-state index contributed by atoms with van der Waals surface area (Å²) in [6, 6.07) is 7.62. The molecule has 0 aliphatic carbocycles. The average Bonchev–Trinajstić information content (AvgIpc) is 3.23. The van der Waals surface area contributed by atoms with Crippen molar-refractivity contribution in [1.82, 2.24) is 19.9 Å². The number of halogens is 1. The van der Waals surface area contributed by atoms with E-state index in [4.69, 9.17) is 16.0 Å². The minimum Gasteiger partial charge on any atom is -0.467 e. The Morgan fingerprint density at radius 1 is 1.17 bits per heavy atom. The van der Waals surface area contributed by atoms with Crippen molar-refractivity contribution in [2.75, 3.05) is 5.32 Å². The lowest BCUT2D eigenvalue weighted by Crippen LogP contribution is -2.02. The first-order chi connectivity index (χ1) is 11.3. The van der Waals surface area contributed by atoms with Crippen molar-refractivity contribution in [1.29, 1.82) is 0 Å². The number of fused-ring (bicyclic) bond motifs is 1. The molecule has 4 aromatic rings. The molecule has 4 aromatic heterocycles. The lowest BCUT2D eigenvalue weighted by atomic mass is 10.1. The van der Waals surface area contributed by atoms with Gasteiger partial charge in [0.1, 0.15) is 17.2 Å². The van der Waals surface area contributed by atoms with Gasteiger partial charge in [0.05, 0.1) is 18.2 Å². The highest BCUT2D eigenvalue weighted by Gasteiger charge is 2.14. The number of anilines is 1. The quantitative estimate of drug-likeness (QED) is 0.557. The van der Waals surface area contributed by atoms with Crippen LogP contribution in [-0.4, -0.2) is 19.9 Å². The Bertz CT molecular complexity index is 934. The van der Waals surface area contributed by atoms with Gasteiger partial charge in [-0.25, -0.2) is 4.98 Å². The molecule has 4 heterocycles. The van der Waals surface area contributed by atoms with Crippen molar-refractivity contribution in [3.05, 3.63) is 60.2 Å². The highest BCUT2D eigenvalue weighted by molar-refractivity contribution is 6.29. The van der Waals surface area contributed by atoms with E-state index < -0.39 is 0 Å². The Morgan fingerprint density at radius 2 is 2.04 bits per heavy atom. The van der Waals surface area contributed by atoms with Crippen molar-refractivity contribution in [2.45, 2.75) is 6.54 Å². The zero-order valence-electron chi connectivity index (χ0n) is 12.0. The number of rotatable bonds is 4. The molecule has 0 radical (unpaired) electrons. The third-order valence-corrected chi connectivity index (χ3v) is 3.67. The zero-order valence-corrected chi connectivity index (χ0v) is 12.7. The minimum atomic E-state index is 0.183. The number of aromatic amines is 1. The number of nitrogens with one attached hydrogen (secondary N) is 2. The topological polar surface area (TPSA) is 79.6 Å². The number of nitrogens with zero attached hydrogens (tertiary/aromatic N) is 3. The summed E-state index contributed by atoms with van der Waals surface area (Å²) in [5.74, 6) is 1.47. The van der Waals surface area contributed by atoms with Crippen LogP contribution in [0.5, 0.6) is 0 Å². The largest absolute Gasteiger partial charge is 0.467 e. The normalized spacial score (nSPS) is 11.0. The molecule has 0 bridgehead atoms. The maximum Gasteiger partial charge on any atom is 0.226 e. The number of hydrogen-bond donors (Lipinski definition) is 2. The van der Waals surface area contributed by atoms with Gasteiger partial charge in [-0.05, 0) is 41.4 Å². The molecule has 0 atom stereocenters. The fourth-order valence-electron chi connectivity index (χ4n) is 2.48. The Morgan fingerprint density at radius 3 is 2.83 bits per heavy atom. The summed E-state index contributed by atoms with van der Waals surface area (Å²) in [5.41, 5.74) is 2.69. The summed E-state index contributed by atoms with van der Waals surface area (Å²) >= 11 is 6.02. The maximum atomic E-state index is 6.02. The first-order valence-electron chi connectivity index (χ1n) is 7.02. The van der Waals surface area contributed by atoms with Crippen LogP contribution in [0.2, 0.25) is 5.28 Å². The van der Waals surface area contributed by atoms with Gasteiger partial charge in [0.2, 0.25) is 5.28 Å². The number of furan rings is 1. The van der Waals surface area contributed by atoms with E-state index in [0.717, 1.165) is 22.3 Å². The molecule has 0 aliphatic rings. The van der Waals surface area contributed by atoms with E-state index in [1.54, 1.807) is 18.7 Å². The van der Waals surface area contributed by atoms with Gasteiger partial charge in [-0.2, -0.15) is 4.98 Å². The fourth-order valence-corrected chi connectivity index (χ4v) is 2.65. The molecular formula is C16H12ClN5O. The summed E-state index contributed by atoms with van der Waals surface area (Å²) in [6.45, 7) is 0.510. The molecule has 114 valence electrons. The molecule has 0 fully saturated rings. The van der Waals surface area contributed by atoms with E-state index in [2.05, 4.69) is 25.3 Å². The second-order valence-corrected chi connectivity index (χ2v) is 5.27. The summed E-state index contributed by atoms with van der Waals surface area (Å²) in [4.78, 5) is 15.8. The molecule has 0 amide bonds. The van der Waals surface area contributed by atoms with Gasteiger partial charge in [-0.1, -0.05) is 0 Å². The summed E-state index contributed by atoms with van der Waals surface area (Å²) < 4.78 is 5.34. The van der Waals surface area contributed by atoms with Crippen molar-refractivity contribution < 1.29 is 4.42 Å². The monoisotopic (exact) mass is 325 g/mol. The second-order valence-electron chi connectivity index (χ2n) is 4.94. The number of aromatic nitrogens is 4. The summed E-state index contributed by atoms with van der Waals surface area (Å²) in [7, 11) is 0. The summed E-state index contributed by atoms with van der Waals surface area (Å²) in [5, 5.41) is 4.33. The molecular weight excluding hydrogens is 314 g/mol. The predicted molar refractivity (Wildman–Crippen MR) is 88.2 cm³/mol. The smallest absolute Gasteiger partial charge is 0.226 e. The maximum absolute atomic E-state index is 6.02. The Labute approximate surface area is 136 Å². The van der Waals surface area contributed by atoms with Gasteiger partial charge in [0.15, 0.2) is 0 Å². The zero-order chi connectivity index (χ0) is 15.6. The highest BCUT2D eigenvalue weighted by Crippen LogP contribution is 2.32. The van der Waals surface area contributed by atoms with Gasteiger partial charge in [0.25, 0.3) is 0 Å². The first-order valence-corrected chi connectivity index (χ1v) is 7.40. The molecule has 2 N–H and O–H groups in total. The van der Waals surface area contributed by atoms with Gasteiger partial charge >= 0.3 is 0 Å². The first kappa shape index (κ1) is 13.8. The van der Waals surface area contributed by atoms with Crippen LogP contribution in [0.1, 0.15) is 5.76 Å². The van der Waals surface area contributed by atoms with Crippen molar-refractivity contribution in [3.8, 4) is 11.1 Å². The lowest BCUT2D eigenvalue weighted by molar-refractivity contribution is 0.518. The van der Waals surface area contributed by atoms with Gasteiger partial charge in [-0.15, -0.1) is 0 Å². The van der Waals surface area contributed by atoms with Crippen molar-refractivity contribution in [3.63, 3.8) is 0 Å². The van der Waals surface area contributed by atoms with E-state index in [1.807, 2.05) is 30.5 Å². The van der Waals surface area contributed by atoms with Crippen LogP contribution >= 0.6 is 11.6 Å². The average molecular weight is 326 g/mol. The van der Waals surface area contributed by atoms with Crippen LogP contribution in [0.3, 0.4) is 0 Å². The standard InChI is InChI=1S/C16H12ClN5O/c17-16-21-14(19-8-11-2-1-7-23-11)13-12(9-20-15(13)22-16)10-3-5-18-6-4-10/h1-7,9H,8H2,(H2,19,20,21,22).